The molecular formula is C21H29FN2O2S. The zero-order valence-electron chi connectivity index (χ0n) is 16.1. The Bertz CT molecular complexity index is 661. The van der Waals surface area contributed by atoms with Crippen LogP contribution in [-0.4, -0.2) is 39.9 Å². The van der Waals surface area contributed by atoms with Crippen molar-refractivity contribution in [1.82, 2.24) is 10.2 Å². The highest BCUT2D eigenvalue weighted by molar-refractivity contribution is 8.00. The van der Waals surface area contributed by atoms with Gasteiger partial charge in [-0.25, -0.2) is 4.39 Å². The molecule has 3 rings (SSSR count). The Balaban J connectivity index is 1.85. The van der Waals surface area contributed by atoms with Gasteiger partial charge in [0.2, 0.25) is 5.91 Å². The summed E-state index contributed by atoms with van der Waals surface area (Å²) in [5.74, 6) is 0.438. The Morgan fingerprint density at radius 2 is 1.89 bits per heavy atom. The lowest BCUT2D eigenvalue weighted by atomic mass is 9.88. The summed E-state index contributed by atoms with van der Waals surface area (Å²) in [6.07, 6.45) is 6.67. The molecule has 1 saturated heterocycles. The van der Waals surface area contributed by atoms with E-state index in [1.54, 1.807) is 16.7 Å². The molecule has 3 atom stereocenters. The highest BCUT2D eigenvalue weighted by Crippen LogP contribution is 2.41. The maximum atomic E-state index is 13.3. The predicted molar refractivity (Wildman–Crippen MR) is 107 cm³/mol. The molecule has 2 fully saturated rings. The number of amides is 2. The molecule has 0 unspecified atom stereocenters. The van der Waals surface area contributed by atoms with Crippen LogP contribution in [0, 0.1) is 11.7 Å². The molecule has 2 amide bonds. The van der Waals surface area contributed by atoms with Gasteiger partial charge in [0.1, 0.15) is 11.9 Å². The van der Waals surface area contributed by atoms with Gasteiger partial charge in [0.15, 0.2) is 0 Å². The molecular weight excluding hydrogens is 363 g/mol. The Morgan fingerprint density at radius 3 is 2.52 bits per heavy atom. The van der Waals surface area contributed by atoms with Crippen molar-refractivity contribution in [3.8, 4) is 0 Å². The van der Waals surface area contributed by atoms with Gasteiger partial charge in [0.05, 0.1) is 5.37 Å². The Morgan fingerprint density at radius 1 is 1.22 bits per heavy atom. The molecule has 1 saturated carbocycles. The fourth-order valence-electron chi connectivity index (χ4n) is 3.95. The van der Waals surface area contributed by atoms with Gasteiger partial charge in [-0.05, 0) is 56.4 Å². The molecule has 4 nitrogen and oxygen atoms in total. The predicted octanol–water partition coefficient (Wildman–Crippen LogP) is 4.20. The molecule has 1 heterocycles. The van der Waals surface area contributed by atoms with Crippen molar-refractivity contribution < 1.29 is 14.0 Å². The largest absolute Gasteiger partial charge is 0.352 e. The number of carbonyl (C=O) groups excluding carboxylic acids is 2. The average molecular weight is 393 g/mol. The van der Waals surface area contributed by atoms with Crippen LogP contribution in [0.15, 0.2) is 24.3 Å². The Hall–Kier alpha value is -1.56. The summed E-state index contributed by atoms with van der Waals surface area (Å²) in [7, 11) is 0. The third-order valence-electron chi connectivity index (χ3n) is 5.72. The quantitative estimate of drug-likeness (QED) is 0.817. The van der Waals surface area contributed by atoms with Crippen LogP contribution in [0.25, 0.3) is 0 Å². The van der Waals surface area contributed by atoms with Crippen molar-refractivity contribution in [2.24, 2.45) is 5.92 Å². The normalized spacial score (nSPS) is 24.6. The number of carbonyl (C=O) groups is 2. The molecule has 2 aliphatic rings. The standard InChI is InChI=1S/C21H29FN2O2S/c1-3-14(2)23-19(25)18-13-27-21(16-7-5-4-6-8-16)24(18)20(26)15-9-11-17(22)12-10-15/h9-12,14,16,18,21H,3-8,13H2,1-2H3,(H,23,25)/t14-,18-,21-/m0/s1. The van der Waals surface area contributed by atoms with Crippen LogP contribution in [-0.2, 0) is 4.79 Å². The minimum absolute atomic E-state index is 0.0236. The van der Waals surface area contributed by atoms with Gasteiger partial charge in [-0.1, -0.05) is 26.2 Å². The van der Waals surface area contributed by atoms with Crippen LogP contribution in [0.2, 0.25) is 0 Å². The van der Waals surface area contributed by atoms with Crippen LogP contribution in [0.3, 0.4) is 0 Å². The summed E-state index contributed by atoms with van der Waals surface area (Å²) in [6.45, 7) is 4.01. The first-order valence-corrected chi connectivity index (χ1v) is 11.1. The van der Waals surface area contributed by atoms with Crippen molar-refractivity contribution in [3.05, 3.63) is 35.6 Å². The summed E-state index contributed by atoms with van der Waals surface area (Å²) in [5.41, 5.74) is 0.445. The van der Waals surface area contributed by atoms with E-state index in [1.165, 1.54) is 43.5 Å². The lowest BCUT2D eigenvalue weighted by Crippen LogP contribution is -2.52. The number of nitrogens with zero attached hydrogens (tertiary/aromatic N) is 1. The third-order valence-corrected chi connectivity index (χ3v) is 7.18. The Labute approximate surface area is 165 Å². The number of hydrogen-bond acceptors (Lipinski definition) is 3. The summed E-state index contributed by atoms with van der Waals surface area (Å²) in [5, 5.41) is 3.06. The van der Waals surface area contributed by atoms with Gasteiger partial charge in [-0.3, -0.25) is 9.59 Å². The lowest BCUT2D eigenvalue weighted by Gasteiger charge is -2.35. The molecule has 148 valence electrons. The zero-order chi connectivity index (χ0) is 19.4. The molecule has 0 spiro atoms. The van der Waals surface area contributed by atoms with Gasteiger partial charge < -0.3 is 10.2 Å². The van der Waals surface area contributed by atoms with Gasteiger partial charge in [0, 0.05) is 17.4 Å². The van der Waals surface area contributed by atoms with Crippen LogP contribution >= 0.6 is 11.8 Å². The molecule has 0 radical (unpaired) electrons. The second-order valence-electron chi connectivity index (χ2n) is 7.67. The average Bonchev–Trinajstić information content (AvgIpc) is 3.13. The second-order valence-corrected chi connectivity index (χ2v) is 8.82. The SMILES string of the molecule is CC[C@H](C)NC(=O)[C@@H]1CS[C@@H](C2CCCCC2)N1C(=O)c1ccc(F)cc1. The van der Waals surface area contributed by atoms with E-state index in [2.05, 4.69) is 5.32 Å². The van der Waals surface area contributed by atoms with E-state index in [1.807, 2.05) is 13.8 Å². The third kappa shape index (κ3) is 4.65. The highest BCUT2D eigenvalue weighted by atomic mass is 32.2. The number of hydrogen-bond donors (Lipinski definition) is 1. The monoisotopic (exact) mass is 392 g/mol. The fourth-order valence-corrected chi connectivity index (χ4v) is 5.59. The van der Waals surface area contributed by atoms with E-state index in [4.69, 9.17) is 0 Å². The van der Waals surface area contributed by atoms with E-state index in [9.17, 15) is 14.0 Å². The molecule has 0 bridgehead atoms. The number of thioether (sulfide) groups is 1. The molecule has 1 N–H and O–H groups in total. The minimum atomic E-state index is -0.464. The van der Waals surface area contributed by atoms with E-state index < -0.39 is 6.04 Å². The van der Waals surface area contributed by atoms with Crippen LogP contribution in [0.4, 0.5) is 4.39 Å². The van der Waals surface area contributed by atoms with Gasteiger partial charge in [-0.2, -0.15) is 0 Å². The first-order valence-electron chi connectivity index (χ1n) is 10.0. The fraction of sp³-hybridized carbons (Fsp3) is 0.619. The van der Waals surface area contributed by atoms with E-state index in [-0.39, 0.29) is 29.0 Å². The maximum absolute atomic E-state index is 13.3. The van der Waals surface area contributed by atoms with Gasteiger partial charge >= 0.3 is 0 Å². The number of rotatable bonds is 5. The summed E-state index contributed by atoms with van der Waals surface area (Å²) < 4.78 is 13.3. The zero-order valence-corrected chi connectivity index (χ0v) is 16.9. The number of halogens is 1. The molecule has 1 aromatic rings. The molecule has 1 aliphatic heterocycles. The Kier molecular flexibility index (Phi) is 6.79. The van der Waals surface area contributed by atoms with Crippen LogP contribution < -0.4 is 5.32 Å². The molecule has 1 aromatic carbocycles. The number of nitrogens with one attached hydrogen (secondary N) is 1. The van der Waals surface area contributed by atoms with Crippen LogP contribution in [0.5, 0.6) is 0 Å². The van der Waals surface area contributed by atoms with E-state index in [0.717, 1.165) is 19.3 Å². The summed E-state index contributed by atoms with van der Waals surface area (Å²) in [6, 6.07) is 5.26. The molecule has 1 aliphatic carbocycles. The number of benzene rings is 1. The topological polar surface area (TPSA) is 49.4 Å². The van der Waals surface area contributed by atoms with Crippen molar-refractivity contribution in [3.63, 3.8) is 0 Å². The van der Waals surface area contributed by atoms with E-state index in [0.29, 0.717) is 17.2 Å². The summed E-state index contributed by atoms with van der Waals surface area (Å²) in [4.78, 5) is 27.9. The van der Waals surface area contributed by atoms with Crippen LogP contribution in [0.1, 0.15) is 62.7 Å². The smallest absolute Gasteiger partial charge is 0.255 e. The minimum Gasteiger partial charge on any atom is -0.352 e. The molecule has 27 heavy (non-hydrogen) atoms. The maximum Gasteiger partial charge on any atom is 0.255 e. The van der Waals surface area contributed by atoms with Gasteiger partial charge in [0.25, 0.3) is 5.91 Å². The van der Waals surface area contributed by atoms with E-state index >= 15 is 0 Å². The summed E-state index contributed by atoms with van der Waals surface area (Å²) >= 11 is 1.72. The lowest BCUT2D eigenvalue weighted by molar-refractivity contribution is -0.125. The van der Waals surface area contributed by atoms with Gasteiger partial charge in [-0.15, -0.1) is 11.8 Å². The van der Waals surface area contributed by atoms with Crippen molar-refractivity contribution in [2.75, 3.05) is 5.75 Å². The second kappa shape index (κ2) is 9.09. The van der Waals surface area contributed by atoms with Crippen molar-refractivity contribution in [1.29, 1.82) is 0 Å². The first-order chi connectivity index (χ1) is 13.0. The highest BCUT2D eigenvalue weighted by Gasteiger charge is 2.45. The van der Waals surface area contributed by atoms with Crippen molar-refractivity contribution in [2.45, 2.75) is 69.8 Å². The first kappa shape index (κ1) is 20.2. The van der Waals surface area contributed by atoms with Crippen molar-refractivity contribution >= 4 is 23.6 Å². The molecule has 6 heteroatoms. The molecule has 0 aromatic heterocycles.